The molecule has 0 aliphatic rings. The number of rotatable bonds is 3. The van der Waals surface area contributed by atoms with E-state index >= 15 is 0 Å². The lowest BCUT2D eigenvalue weighted by Gasteiger charge is -2.05. The van der Waals surface area contributed by atoms with E-state index in [1.165, 1.54) is 7.11 Å². The van der Waals surface area contributed by atoms with Gasteiger partial charge in [-0.25, -0.2) is 0 Å². The van der Waals surface area contributed by atoms with Crippen molar-refractivity contribution in [1.29, 1.82) is 0 Å². The highest BCUT2D eigenvalue weighted by atomic mass is 17.2. The van der Waals surface area contributed by atoms with Crippen LogP contribution in [0.15, 0.2) is 12.3 Å². The summed E-state index contributed by atoms with van der Waals surface area (Å²) in [4.78, 5) is 8.97. The monoisotopic (exact) mass is 116 g/mol. The molecule has 0 saturated carbocycles. The van der Waals surface area contributed by atoms with Crippen LogP contribution in [0, 0.1) is 5.92 Å². The van der Waals surface area contributed by atoms with Gasteiger partial charge in [-0.1, -0.05) is 20.4 Å². The topological polar surface area (TPSA) is 18.5 Å². The third-order valence-electron chi connectivity index (χ3n) is 0.834. The minimum Gasteiger partial charge on any atom is -0.343 e. The van der Waals surface area contributed by atoms with Crippen molar-refractivity contribution in [1.82, 2.24) is 0 Å². The quantitative estimate of drug-likeness (QED) is 0.317. The van der Waals surface area contributed by atoms with Gasteiger partial charge >= 0.3 is 0 Å². The van der Waals surface area contributed by atoms with Gasteiger partial charge in [0.1, 0.15) is 5.76 Å². The van der Waals surface area contributed by atoms with Gasteiger partial charge in [-0.05, 0) is 0 Å². The van der Waals surface area contributed by atoms with Gasteiger partial charge in [0, 0.05) is 5.92 Å². The summed E-state index contributed by atoms with van der Waals surface area (Å²) in [5.74, 6) is 0.988. The Morgan fingerprint density at radius 3 is 2.12 bits per heavy atom. The third-order valence-corrected chi connectivity index (χ3v) is 0.834. The summed E-state index contributed by atoms with van der Waals surface area (Å²) in [7, 11) is 1.47. The van der Waals surface area contributed by atoms with Gasteiger partial charge in [0.05, 0.1) is 7.11 Å². The van der Waals surface area contributed by atoms with E-state index in [1.54, 1.807) is 0 Å². The van der Waals surface area contributed by atoms with Gasteiger partial charge in [0.15, 0.2) is 0 Å². The number of hydrogen-bond donors (Lipinski definition) is 0. The molecular weight excluding hydrogens is 104 g/mol. The normalized spacial score (nSPS) is 9.50. The molecule has 0 atom stereocenters. The van der Waals surface area contributed by atoms with E-state index in [-0.39, 0.29) is 0 Å². The van der Waals surface area contributed by atoms with Crippen LogP contribution >= 0.6 is 0 Å². The minimum absolute atomic E-state index is 0.329. The molecule has 0 unspecified atom stereocenters. The van der Waals surface area contributed by atoms with Crippen LogP contribution in [0.1, 0.15) is 13.8 Å². The molecule has 0 N–H and O–H groups in total. The van der Waals surface area contributed by atoms with Crippen molar-refractivity contribution in [2.45, 2.75) is 13.8 Å². The molecule has 0 heterocycles. The molecule has 0 rings (SSSR count). The van der Waals surface area contributed by atoms with E-state index in [1.807, 2.05) is 13.8 Å². The molecule has 0 spiro atoms. The van der Waals surface area contributed by atoms with Crippen molar-refractivity contribution in [2.75, 3.05) is 7.11 Å². The van der Waals surface area contributed by atoms with Crippen LogP contribution < -0.4 is 0 Å². The van der Waals surface area contributed by atoms with Gasteiger partial charge in [0.25, 0.3) is 0 Å². The zero-order valence-corrected chi connectivity index (χ0v) is 5.60. The fourth-order valence-corrected chi connectivity index (χ4v) is 0.203. The van der Waals surface area contributed by atoms with Crippen LogP contribution in [0.2, 0.25) is 0 Å². The number of allylic oxidation sites excluding steroid dienone is 1. The molecule has 0 aromatic rings. The van der Waals surface area contributed by atoms with Crippen molar-refractivity contribution >= 4 is 0 Å². The predicted molar refractivity (Wildman–Crippen MR) is 32.1 cm³/mol. The Morgan fingerprint density at radius 2 is 2.00 bits per heavy atom. The first-order valence-corrected chi connectivity index (χ1v) is 2.58. The molecule has 0 aromatic carbocycles. The van der Waals surface area contributed by atoms with Crippen LogP contribution in [0.25, 0.3) is 0 Å². The van der Waals surface area contributed by atoms with Gasteiger partial charge in [0.2, 0.25) is 0 Å². The predicted octanol–water partition coefficient (Wildman–Crippen LogP) is 1.73. The summed E-state index contributed by atoms with van der Waals surface area (Å²) in [6.07, 6.45) is 0. The van der Waals surface area contributed by atoms with Crippen molar-refractivity contribution < 1.29 is 9.78 Å². The SMILES string of the molecule is C=C(OOC)C(C)C. The lowest BCUT2D eigenvalue weighted by atomic mass is 10.2. The highest BCUT2D eigenvalue weighted by molar-refractivity contribution is 4.83. The maximum atomic E-state index is 4.61. The molecular formula is C6H12O2. The fraction of sp³-hybridized carbons (Fsp3) is 0.667. The Hall–Kier alpha value is -0.500. The lowest BCUT2D eigenvalue weighted by Crippen LogP contribution is -1.96. The second kappa shape index (κ2) is 3.50. The van der Waals surface area contributed by atoms with E-state index < -0.39 is 0 Å². The van der Waals surface area contributed by atoms with Gasteiger partial charge in [-0.2, -0.15) is 4.89 Å². The first-order chi connectivity index (χ1) is 3.68. The molecule has 0 aromatic heterocycles. The molecule has 0 amide bonds. The van der Waals surface area contributed by atoms with Crippen molar-refractivity contribution in [3.8, 4) is 0 Å². The van der Waals surface area contributed by atoms with E-state index in [0.717, 1.165) is 0 Å². The molecule has 0 bridgehead atoms. The Bertz CT molecular complexity index is 76.6. The highest BCUT2D eigenvalue weighted by Crippen LogP contribution is 2.06. The first kappa shape index (κ1) is 7.50. The molecule has 48 valence electrons. The fourth-order valence-electron chi connectivity index (χ4n) is 0.203. The molecule has 0 saturated heterocycles. The smallest absolute Gasteiger partial charge is 0.137 e. The second-order valence-corrected chi connectivity index (χ2v) is 1.87. The molecule has 2 heteroatoms. The second-order valence-electron chi connectivity index (χ2n) is 1.87. The zero-order chi connectivity index (χ0) is 6.57. The number of hydrogen-bond acceptors (Lipinski definition) is 2. The summed E-state index contributed by atoms with van der Waals surface area (Å²) >= 11 is 0. The van der Waals surface area contributed by atoms with Crippen LogP contribution in [0.5, 0.6) is 0 Å². The van der Waals surface area contributed by atoms with E-state index in [4.69, 9.17) is 0 Å². The molecule has 2 nitrogen and oxygen atoms in total. The minimum atomic E-state index is 0.329. The van der Waals surface area contributed by atoms with Gasteiger partial charge in [-0.3, -0.25) is 0 Å². The van der Waals surface area contributed by atoms with Gasteiger partial charge < -0.3 is 4.89 Å². The standard InChI is InChI=1S/C6H12O2/c1-5(2)6(3)8-7-4/h5H,3H2,1-2,4H3. The van der Waals surface area contributed by atoms with Gasteiger partial charge in [-0.15, -0.1) is 0 Å². The van der Waals surface area contributed by atoms with E-state index in [2.05, 4.69) is 16.4 Å². The average Bonchev–Trinajstić information content (AvgIpc) is 1.67. The van der Waals surface area contributed by atoms with Crippen LogP contribution in [-0.4, -0.2) is 7.11 Å². The summed E-state index contributed by atoms with van der Waals surface area (Å²) in [5, 5.41) is 0. The summed E-state index contributed by atoms with van der Waals surface area (Å²) < 4.78 is 0. The van der Waals surface area contributed by atoms with Crippen LogP contribution in [-0.2, 0) is 9.78 Å². The molecule has 0 aliphatic carbocycles. The molecule has 0 radical (unpaired) electrons. The average molecular weight is 116 g/mol. The summed E-state index contributed by atoms with van der Waals surface area (Å²) in [6.45, 7) is 7.57. The molecule has 0 aliphatic heterocycles. The summed E-state index contributed by atoms with van der Waals surface area (Å²) in [6, 6.07) is 0. The highest BCUT2D eigenvalue weighted by Gasteiger charge is 1.98. The van der Waals surface area contributed by atoms with Crippen molar-refractivity contribution in [3.63, 3.8) is 0 Å². The molecule has 0 fully saturated rings. The van der Waals surface area contributed by atoms with Crippen LogP contribution in [0.4, 0.5) is 0 Å². The Kier molecular flexibility index (Phi) is 3.28. The van der Waals surface area contributed by atoms with Crippen LogP contribution in [0.3, 0.4) is 0 Å². The van der Waals surface area contributed by atoms with Crippen molar-refractivity contribution in [2.24, 2.45) is 5.92 Å². The Balaban J connectivity index is 3.33. The van der Waals surface area contributed by atoms with E-state index in [9.17, 15) is 0 Å². The first-order valence-electron chi connectivity index (χ1n) is 2.58. The third kappa shape index (κ3) is 2.64. The Labute approximate surface area is 50.0 Å². The Morgan fingerprint density at radius 1 is 1.50 bits per heavy atom. The molecule has 8 heavy (non-hydrogen) atoms. The van der Waals surface area contributed by atoms with E-state index in [0.29, 0.717) is 11.7 Å². The largest absolute Gasteiger partial charge is 0.343 e. The van der Waals surface area contributed by atoms with Crippen molar-refractivity contribution in [3.05, 3.63) is 12.3 Å². The summed E-state index contributed by atoms with van der Waals surface area (Å²) in [5.41, 5.74) is 0. The zero-order valence-electron chi connectivity index (χ0n) is 5.60. The lowest BCUT2D eigenvalue weighted by molar-refractivity contribution is -0.242. The maximum Gasteiger partial charge on any atom is 0.137 e. The maximum absolute atomic E-state index is 4.61.